The molecule has 1 saturated carbocycles. The monoisotopic (exact) mass is 161 g/mol. The Labute approximate surface area is 71.6 Å². The van der Waals surface area contributed by atoms with Gasteiger partial charge in [-0.2, -0.15) is 0 Å². The maximum Gasteiger partial charge on any atom is 0.207 e. The van der Waals surface area contributed by atoms with Crippen molar-refractivity contribution >= 4 is 6.41 Å². The predicted octanol–water partition coefficient (Wildman–Crippen LogP) is 1.29. The van der Waals surface area contributed by atoms with Crippen molar-refractivity contribution in [1.29, 1.82) is 0 Å². The van der Waals surface area contributed by atoms with Gasteiger partial charge in [0, 0.05) is 12.0 Å². The molecule has 0 spiro atoms. The largest absolute Gasteiger partial charge is 0.355 e. The van der Waals surface area contributed by atoms with Crippen LogP contribution in [0.1, 0.15) is 17.9 Å². The SMILES string of the molecule is O=CN[C@H]1C[C@@H]1c1ccccc1. The molecule has 0 bridgehead atoms. The highest BCUT2D eigenvalue weighted by atomic mass is 16.1. The van der Waals surface area contributed by atoms with Crippen molar-refractivity contribution in [2.24, 2.45) is 0 Å². The number of carbonyl (C=O) groups is 1. The Morgan fingerprint density at radius 2 is 2.08 bits per heavy atom. The van der Waals surface area contributed by atoms with Crippen molar-refractivity contribution in [3.63, 3.8) is 0 Å². The summed E-state index contributed by atoms with van der Waals surface area (Å²) < 4.78 is 0. The summed E-state index contributed by atoms with van der Waals surface area (Å²) >= 11 is 0. The van der Waals surface area contributed by atoms with Crippen LogP contribution in [-0.2, 0) is 4.79 Å². The summed E-state index contributed by atoms with van der Waals surface area (Å²) in [6.07, 6.45) is 1.87. The van der Waals surface area contributed by atoms with Crippen molar-refractivity contribution in [1.82, 2.24) is 5.32 Å². The van der Waals surface area contributed by atoms with Crippen molar-refractivity contribution < 1.29 is 4.79 Å². The first kappa shape index (κ1) is 7.35. The van der Waals surface area contributed by atoms with Crippen molar-refractivity contribution in [3.05, 3.63) is 35.9 Å². The molecule has 1 aliphatic rings. The van der Waals surface area contributed by atoms with Crippen LogP contribution in [0.3, 0.4) is 0 Å². The van der Waals surface area contributed by atoms with Crippen LogP contribution in [0, 0.1) is 0 Å². The van der Waals surface area contributed by atoms with Gasteiger partial charge in [-0.15, -0.1) is 0 Å². The standard InChI is InChI=1S/C10H11NO/c12-7-11-10-6-9(10)8-4-2-1-3-5-8/h1-5,7,9-10H,6H2,(H,11,12)/t9-,10+/m1/s1. The van der Waals surface area contributed by atoms with Gasteiger partial charge in [0.05, 0.1) is 0 Å². The van der Waals surface area contributed by atoms with E-state index >= 15 is 0 Å². The molecular weight excluding hydrogens is 150 g/mol. The van der Waals surface area contributed by atoms with Gasteiger partial charge < -0.3 is 5.32 Å². The molecule has 0 aliphatic heterocycles. The van der Waals surface area contributed by atoms with Crippen LogP contribution >= 0.6 is 0 Å². The van der Waals surface area contributed by atoms with Gasteiger partial charge in [-0.1, -0.05) is 30.3 Å². The first-order valence-electron chi connectivity index (χ1n) is 4.16. The van der Waals surface area contributed by atoms with Gasteiger partial charge in [-0.05, 0) is 12.0 Å². The van der Waals surface area contributed by atoms with Gasteiger partial charge >= 0.3 is 0 Å². The van der Waals surface area contributed by atoms with Gasteiger partial charge in [-0.3, -0.25) is 4.79 Å². The highest BCUT2D eigenvalue weighted by molar-refractivity contribution is 5.49. The van der Waals surface area contributed by atoms with E-state index in [1.807, 2.05) is 18.2 Å². The van der Waals surface area contributed by atoms with E-state index in [1.54, 1.807) is 0 Å². The lowest BCUT2D eigenvalue weighted by Crippen LogP contribution is -2.14. The van der Waals surface area contributed by atoms with Gasteiger partial charge in [0.25, 0.3) is 0 Å². The van der Waals surface area contributed by atoms with E-state index in [-0.39, 0.29) is 0 Å². The number of hydrogen-bond acceptors (Lipinski definition) is 1. The smallest absolute Gasteiger partial charge is 0.207 e. The molecule has 1 N–H and O–H groups in total. The van der Waals surface area contributed by atoms with Crippen LogP contribution < -0.4 is 5.32 Å². The number of nitrogens with one attached hydrogen (secondary N) is 1. The topological polar surface area (TPSA) is 29.1 Å². The van der Waals surface area contributed by atoms with Gasteiger partial charge in [-0.25, -0.2) is 0 Å². The molecule has 62 valence electrons. The highest BCUT2D eigenvalue weighted by Gasteiger charge is 2.37. The second-order valence-electron chi connectivity index (χ2n) is 3.14. The maximum atomic E-state index is 10.1. The Bertz CT molecular complexity index is 270. The Morgan fingerprint density at radius 3 is 2.75 bits per heavy atom. The summed E-state index contributed by atoms with van der Waals surface area (Å²) in [6, 6.07) is 10.7. The van der Waals surface area contributed by atoms with Crippen LogP contribution in [0.25, 0.3) is 0 Å². The normalized spacial score (nSPS) is 26.3. The number of rotatable bonds is 3. The molecule has 1 fully saturated rings. The zero-order valence-corrected chi connectivity index (χ0v) is 6.73. The van der Waals surface area contributed by atoms with Gasteiger partial charge in [0.1, 0.15) is 0 Å². The second kappa shape index (κ2) is 2.97. The summed E-state index contributed by atoms with van der Waals surface area (Å²) in [5.41, 5.74) is 1.33. The zero-order valence-electron chi connectivity index (χ0n) is 6.73. The third-order valence-electron chi connectivity index (χ3n) is 2.30. The Balaban J connectivity index is 2.01. The fourth-order valence-electron chi connectivity index (χ4n) is 1.54. The van der Waals surface area contributed by atoms with Crippen LogP contribution in [0.5, 0.6) is 0 Å². The molecular formula is C10H11NO. The van der Waals surface area contributed by atoms with Gasteiger partial charge in [0.15, 0.2) is 0 Å². The van der Waals surface area contributed by atoms with E-state index < -0.39 is 0 Å². The summed E-state index contributed by atoms with van der Waals surface area (Å²) in [5, 5.41) is 2.79. The molecule has 1 aromatic carbocycles. The molecule has 1 aliphatic carbocycles. The Hall–Kier alpha value is -1.31. The van der Waals surface area contributed by atoms with Crippen LogP contribution in [0.2, 0.25) is 0 Å². The summed E-state index contributed by atoms with van der Waals surface area (Å²) in [7, 11) is 0. The third kappa shape index (κ3) is 1.33. The molecule has 2 atom stereocenters. The Kier molecular flexibility index (Phi) is 1.82. The Morgan fingerprint density at radius 1 is 1.33 bits per heavy atom. The fourth-order valence-corrected chi connectivity index (χ4v) is 1.54. The molecule has 0 saturated heterocycles. The molecule has 0 heterocycles. The number of carbonyl (C=O) groups excluding carboxylic acids is 1. The average molecular weight is 161 g/mol. The van der Waals surface area contributed by atoms with Crippen molar-refractivity contribution in [2.45, 2.75) is 18.4 Å². The first-order valence-corrected chi connectivity index (χ1v) is 4.16. The van der Waals surface area contributed by atoms with Crippen LogP contribution in [0.15, 0.2) is 30.3 Å². The summed E-state index contributed by atoms with van der Waals surface area (Å²) in [5.74, 6) is 0.552. The van der Waals surface area contributed by atoms with Crippen LogP contribution in [-0.4, -0.2) is 12.5 Å². The minimum Gasteiger partial charge on any atom is -0.355 e. The molecule has 2 nitrogen and oxygen atoms in total. The molecule has 0 radical (unpaired) electrons. The first-order chi connectivity index (χ1) is 5.92. The lowest BCUT2D eigenvalue weighted by molar-refractivity contribution is -0.109. The number of hydrogen-bond donors (Lipinski definition) is 1. The molecule has 1 amide bonds. The summed E-state index contributed by atoms with van der Waals surface area (Å²) in [6.45, 7) is 0. The van der Waals surface area contributed by atoms with E-state index in [4.69, 9.17) is 0 Å². The molecule has 2 rings (SSSR count). The van der Waals surface area contributed by atoms with Gasteiger partial charge in [0.2, 0.25) is 6.41 Å². The number of benzene rings is 1. The highest BCUT2D eigenvalue weighted by Crippen LogP contribution is 2.40. The summed E-state index contributed by atoms with van der Waals surface area (Å²) in [4.78, 5) is 10.1. The fraction of sp³-hybridized carbons (Fsp3) is 0.300. The van der Waals surface area contributed by atoms with Crippen molar-refractivity contribution in [2.75, 3.05) is 0 Å². The van der Waals surface area contributed by atoms with E-state index in [0.717, 1.165) is 12.8 Å². The molecule has 12 heavy (non-hydrogen) atoms. The minimum absolute atomic E-state index is 0.380. The van der Waals surface area contributed by atoms with Crippen LogP contribution in [0.4, 0.5) is 0 Å². The maximum absolute atomic E-state index is 10.1. The van der Waals surface area contributed by atoms with E-state index in [2.05, 4.69) is 17.4 Å². The molecule has 2 heteroatoms. The third-order valence-corrected chi connectivity index (χ3v) is 2.30. The predicted molar refractivity (Wildman–Crippen MR) is 46.8 cm³/mol. The van der Waals surface area contributed by atoms with Crippen molar-refractivity contribution in [3.8, 4) is 0 Å². The number of amides is 1. The molecule has 1 aromatic rings. The molecule has 0 unspecified atom stereocenters. The van der Waals surface area contributed by atoms with E-state index in [0.29, 0.717) is 12.0 Å². The molecule has 0 aromatic heterocycles. The lowest BCUT2D eigenvalue weighted by Gasteiger charge is -1.97. The zero-order chi connectivity index (χ0) is 8.39. The minimum atomic E-state index is 0.380. The quantitative estimate of drug-likeness (QED) is 0.665. The van der Waals surface area contributed by atoms with E-state index in [9.17, 15) is 4.79 Å². The second-order valence-corrected chi connectivity index (χ2v) is 3.14. The van der Waals surface area contributed by atoms with E-state index in [1.165, 1.54) is 5.56 Å². The average Bonchev–Trinajstić information content (AvgIpc) is 2.87. The lowest BCUT2D eigenvalue weighted by atomic mass is 10.1.